The molecule has 1 amide bonds. The number of carbonyl (C=O) groups excluding carboxylic acids is 1. The Balaban J connectivity index is 1.83. The number of hydrogen-bond acceptors (Lipinski definition) is 5. The molecule has 2 aromatic heterocycles. The second kappa shape index (κ2) is 6.85. The van der Waals surface area contributed by atoms with Crippen LogP contribution in [0.1, 0.15) is 36.1 Å². The fourth-order valence-corrected chi connectivity index (χ4v) is 2.83. The van der Waals surface area contributed by atoms with Crippen LogP contribution in [0.25, 0.3) is 11.5 Å². The highest BCUT2D eigenvalue weighted by atomic mass is 35.5. The molecule has 0 aliphatic rings. The number of aryl methyl sites for hydroxylation is 1. The Kier molecular flexibility index (Phi) is 4.78. The van der Waals surface area contributed by atoms with E-state index in [2.05, 4.69) is 20.6 Å². The van der Waals surface area contributed by atoms with Crippen LogP contribution in [0.3, 0.4) is 0 Å². The Morgan fingerprint density at radius 1 is 1.16 bits per heavy atom. The number of halogens is 2. The first-order valence-electron chi connectivity index (χ1n) is 7.51. The molecule has 25 heavy (non-hydrogen) atoms. The third-order valence-corrected chi connectivity index (χ3v) is 3.77. The predicted molar refractivity (Wildman–Crippen MR) is 95.1 cm³/mol. The molecule has 0 atom stereocenters. The van der Waals surface area contributed by atoms with Crippen molar-refractivity contribution in [2.24, 2.45) is 0 Å². The minimum Gasteiger partial charge on any atom is -0.403 e. The maximum atomic E-state index is 12.5. The number of nitrogens with one attached hydrogen (secondary N) is 1. The van der Waals surface area contributed by atoms with Crippen LogP contribution < -0.4 is 5.32 Å². The predicted octanol–water partition coefficient (Wildman–Crippen LogP) is 4.38. The van der Waals surface area contributed by atoms with Crippen molar-refractivity contribution in [2.75, 3.05) is 5.32 Å². The van der Waals surface area contributed by atoms with Crippen LogP contribution in [-0.4, -0.2) is 25.9 Å². The van der Waals surface area contributed by atoms with Gasteiger partial charge >= 0.3 is 6.01 Å². The van der Waals surface area contributed by atoms with E-state index >= 15 is 0 Å². The fraction of sp³-hybridized carbons (Fsp3) is 0.250. The summed E-state index contributed by atoms with van der Waals surface area (Å²) in [4.78, 5) is 12.5. The third-order valence-electron chi connectivity index (χ3n) is 3.33. The molecule has 0 unspecified atom stereocenters. The second-order valence-corrected chi connectivity index (χ2v) is 6.61. The number of rotatable bonds is 4. The molecule has 0 saturated heterocycles. The second-order valence-electron chi connectivity index (χ2n) is 5.73. The standard InChI is InChI=1S/C16H15Cl2N5O2/c1-8(2)23-13(4-9(3)22-23)14(24)19-16-21-20-15(25-16)10-5-11(17)7-12(18)6-10/h4-8H,1-3H3,(H,19,21,24). The van der Waals surface area contributed by atoms with Gasteiger partial charge < -0.3 is 4.42 Å². The first-order valence-corrected chi connectivity index (χ1v) is 8.26. The minimum absolute atomic E-state index is 0.0229. The highest BCUT2D eigenvalue weighted by Crippen LogP contribution is 2.27. The lowest BCUT2D eigenvalue weighted by molar-refractivity contribution is 0.101. The first-order chi connectivity index (χ1) is 11.8. The number of carbonyl (C=O) groups is 1. The van der Waals surface area contributed by atoms with Gasteiger partial charge in [0.15, 0.2) is 0 Å². The monoisotopic (exact) mass is 379 g/mol. The van der Waals surface area contributed by atoms with Gasteiger partial charge in [0, 0.05) is 21.7 Å². The molecule has 0 saturated carbocycles. The van der Waals surface area contributed by atoms with Crippen molar-refractivity contribution in [1.82, 2.24) is 20.0 Å². The molecule has 7 nitrogen and oxygen atoms in total. The molecule has 130 valence electrons. The van der Waals surface area contributed by atoms with Crippen LogP contribution in [0, 0.1) is 6.92 Å². The molecule has 1 N–H and O–H groups in total. The lowest BCUT2D eigenvalue weighted by Crippen LogP contribution is -2.19. The van der Waals surface area contributed by atoms with E-state index < -0.39 is 0 Å². The molecular formula is C16H15Cl2N5O2. The van der Waals surface area contributed by atoms with Gasteiger partial charge in [-0.3, -0.25) is 14.8 Å². The highest BCUT2D eigenvalue weighted by molar-refractivity contribution is 6.35. The Bertz CT molecular complexity index is 912. The zero-order valence-electron chi connectivity index (χ0n) is 13.7. The fourth-order valence-electron chi connectivity index (χ4n) is 2.31. The van der Waals surface area contributed by atoms with Crippen LogP contribution in [0.2, 0.25) is 10.0 Å². The van der Waals surface area contributed by atoms with Crippen LogP contribution in [-0.2, 0) is 0 Å². The van der Waals surface area contributed by atoms with Gasteiger partial charge in [0.05, 0.1) is 5.69 Å². The zero-order valence-corrected chi connectivity index (χ0v) is 15.3. The van der Waals surface area contributed by atoms with Crippen molar-refractivity contribution in [3.63, 3.8) is 0 Å². The smallest absolute Gasteiger partial charge is 0.322 e. The van der Waals surface area contributed by atoms with Crippen LogP contribution in [0.5, 0.6) is 0 Å². The summed E-state index contributed by atoms with van der Waals surface area (Å²) in [5.41, 5.74) is 1.73. The molecular weight excluding hydrogens is 365 g/mol. The van der Waals surface area contributed by atoms with Crippen LogP contribution in [0.4, 0.5) is 6.01 Å². The molecule has 0 radical (unpaired) electrons. The van der Waals surface area contributed by atoms with Crippen molar-refractivity contribution in [2.45, 2.75) is 26.8 Å². The van der Waals surface area contributed by atoms with Crippen molar-refractivity contribution in [3.8, 4) is 11.5 Å². The number of aromatic nitrogens is 4. The molecule has 1 aromatic carbocycles. The summed E-state index contributed by atoms with van der Waals surface area (Å²) < 4.78 is 7.12. The summed E-state index contributed by atoms with van der Waals surface area (Å²) in [6, 6.07) is 6.60. The van der Waals surface area contributed by atoms with Gasteiger partial charge in [0.25, 0.3) is 5.91 Å². The van der Waals surface area contributed by atoms with Crippen LogP contribution >= 0.6 is 23.2 Å². The summed E-state index contributed by atoms with van der Waals surface area (Å²) in [5.74, 6) is -0.179. The minimum atomic E-state index is -0.381. The van der Waals surface area contributed by atoms with Gasteiger partial charge in [-0.2, -0.15) is 5.10 Å². The van der Waals surface area contributed by atoms with Crippen molar-refractivity contribution in [3.05, 3.63) is 45.7 Å². The maximum Gasteiger partial charge on any atom is 0.322 e. The molecule has 3 aromatic rings. The molecule has 0 aliphatic heterocycles. The van der Waals surface area contributed by atoms with Gasteiger partial charge in [0.2, 0.25) is 5.89 Å². The van der Waals surface area contributed by atoms with Crippen molar-refractivity contribution >= 4 is 35.1 Å². The third kappa shape index (κ3) is 3.83. The van der Waals surface area contributed by atoms with E-state index in [-0.39, 0.29) is 23.9 Å². The molecule has 9 heteroatoms. The van der Waals surface area contributed by atoms with E-state index in [4.69, 9.17) is 27.6 Å². The van der Waals surface area contributed by atoms with Crippen molar-refractivity contribution in [1.29, 1.82) is 0 Å². The average molecular weight is 380 g/mol. The van der Waals surface area contributed by atoms with E-state index in [1.807, 2.05) is 20.8 Å². The Labute approximate surface area is 153 Å². The van der Waals surface area contributed by atoms with E-state index in [1.54, 1.807) is 28.9 Å². The van der Waals surface area contributed by atoms with Gasteiger partial charge in [-0.05, 0) is 45.0 Å². The summed E-state index contributed by atoms with van der Waals surface area (Å²) in [6.07, 6.45) is 0. The molecule has 2 heterocycles. The molecule has 0 spiro atoms. The molecule has 0 aliphatic carbocycles. The van der Waals surface area contributed by atoms with E-state index in [0.717, 1.165) is 5.69 Å². The van der Waals surface area contributed by atoms with E-state index in [9.17, 15) is 4.79 Å². The number of nitrogens with zero attached hydrogens (tertiary/aromatic N) is 4. The topological polar surface area (TPSA) is 85.8 Å². The molecule has 0 bridgehead atoms. The average Bonchev–Trinajstić information content (AvgIpc) is 3.13. The van der Waals surface area contributed by atoms with E-state index in [1.165, 1.54) is 0 Å². The van der Waals surface area contributed by atoms with Gasteiger partial charge in [-0.1, -0.05) is 28.3 Å². The Morgan fingerprint density at radius 2 is 1.84 bits per heavy atom. The molecule has 3 rings (SSSR count). The van der Waals surface area contributed by atoms with Gasteiger partial charge in [0.1, 0.15) is 5.69 Å². The van der Waals surface area contributed by atoms with Crippen molar-refractivity contribution < 1.29 is 9.21 Å². The molecule has 0 fully saturated rings. The lowest BCUT2D eigenvalue weighted by Gasteiger charge is -2.09. The summed E-state index contributed by atoms with van der Waals surface area (Å²) in [6.45, 7) is 5.71. The lowest BCUT2D eigenvalue weighted by atomic mass is 10.2. The maximum absolute atomic E-state index is 12.5. The number of benzene rings is 1. The SMILES string of the molecule is Cc1cc(C(=O)Nc2nnc(-c3cc(Cl)cc(Cl)c3)o2)n(C(C)C)n1. The largest absolute Gasteiger partial charge is 0.403 e. The van der Waals surface area contributed by atoms with Gasteiger partial charge in [-0.25, -0.2) is 0 Å². The summed E-state index contributed by atoms with van der Waals surface area (Å²) in [7, 11) is 0. The number of anilines is 1. The Morgan fingerprint density at radius 3 is 2.48 bits per heavy atom. The number of hydrogen-bond donors (Lipinski definition) is 1. The normalized spacial score (nSPS) is 11.1. The quantitative estimate of drug-likeness (QED) is 0.726. The van der Waals surface area contributed by atoms with Crippen LogP contribution in [0.15, 0.2) is 28.7 Å². The Hall–Kier alpha value is -2.38. The summed E-state index contributed by atoms with van der Waals surface area (Å²) >= 11 is 11.9. The van der Waals surface area contributed by atoms with Gasteiger partial charge in [-0.15, -0.1) is 5.10 Å². The first kappa shape index (κ1) is 17.4. The number of amides is 1. The van der Waals surface area contributed by atoms with E-state index in [0.29, 0.717) is 21.3 Å². The highest BCUT2D eigenvalue weighted by Gasteiger charge is 2.19. The zero-order chi connectivity index (χ0) is 18.1. The summed E-state index contributed by atoms with van der Waals surface area (Å²) in [5, 5.41) is 15.5.